The summed E-state index contributed by atoms with van der Waals surface area (Å²) >= 11 is 0. The second-order valence-corrected chi connectivity index (χ2v) is 13.2. The summed E-state index contributed by atoms with van der Waals surface area (Å²) in [6.45, 7) is 13.7. The second kappa shape index (κ2) is 17.0. The number of rotatable bonds is 14. The van der Waals surface area contributed by atoms with E-state index in [0.717, 1.165) is 24.0 Å². The van der Waals surface area contributed by atoms with Gasteiger partial charge in [-0.2, -0.15) is 0 Å². The first kappa shape index (κ1) is 37.3. The van der Waals surface area contributed by atoms with E-state index in [1.165, 1.54) is 4.90 Å². The summed E-state index contributed by atoms with van der Waals surface area (Å²) in [5.74, 6) is -1.85. The number of ether oxygens (including phenoxy) is 2. The molecule has 0 fully saturated rings. The maximum Gasteiger partial charge on any atom is 0.408 e. The van der Waals surface area contributed by atoms with E-state index < -0.39 is 59.8 Å². The Labute approximate surface area is 267 Å². The lowest BCUT2D eigenvalue weighted by molar-refractivity contribution is -0.159. The first-order valence-corrected chi connectivity index (χ1v) is 15.6. The molecule has 0 bridgehead atoms. The van der Waals surface area contributed by atoms with Crippen LogP contribution in [0.25, 0.3) is 0 Å². The minimum atomic E-state index is -1.37. The van der Waals surface area contributed by atoms with Crippen molar-refractivity contribution in [1.29, 1.82) is 0 Å². The van der Waals surface area contributed by atoms with Crippen LogP contribution in [0.2, 0.25) is 0 Å². The van der Waals surface area contributed by atoms with Crippen molar-refractivity contribution in [3.05, 3.63) is 71.3 Å². The molecule has 0 radical (unpaired) electrons. The van der Waals surface area contributed by atoms with Gasteiger partial charge in [0.15, 0.2) is 0 Å². The van der Waals surface area contributed by atoms with E-state index in [4.69, 9.17) is 9.47 Å². The summed E-state index contributed by atoms with van der Waals surface area (Å²) in [5.41, 5.74) is 0.667. The highest BCUT2D eigenvalue weighted by molar-refractivity contribution is 5.94. The molecular formula is C35H51N3O7. The van der Waals surface area contributed by atoms with E-state index in [9.17, 15) is 24.3 Å². The molecule has 0 aromatic heterocycles. The van der Waals surface area contributed by atoms with Gasteiger partial charge in [-0.1, -0.05) is 79.9 Å². The third-order valence-corrected chi connectivity index (χ3v) is 6.70. The summed E-state index contributed by atoms with van der Waals surface area (Å²) in [5, 5.41) is 15.5. The van der Waals surface area contributed by atoms with E-state index in [2.05, 4.69) is 10.6 Å². The van der Waals surface area contributed by atoms with Crippen molar-refractivity contribution < 1.29 is 33.8 Å². The number of aliphatic hydroxyl groups excluding tert-OH is 1. The molecule has 2 aromatic rings. The Morgan fingerprint density at radius 3 is 1.96 bits per heavy atom. The molecule has 0 aliphatic rings. The molecule has 3 N–H and O–H groups in total. The number of benzene rings is 2. The average Bonchev–Trinajstić information content (AvgIpc) is 2.94. The number of hydrogen-bond donors (Lipinski definition) is 3. The van der Waals surface area contributed by atoms with Crippen LogP contribution in [0, 0.1) is 6.92 Å². The lowest BCUT2D eigenvalue weighted by atomic mass is 9.99. The van der Waals surface area contributed by atoms with Crippen LogP contribution in [0.3, 0.4) is 0 Å². The normalized spacial score (nSPS) is 13.6. The van der Waals surface area contributed by atoms with E-state index in [1.807, 2.05) is 56.3 Å². The summed E-state index contributed by atoms with van der Waals surface area (Å²) < 4.78 is 11.0. The van der Waals surface area contributed by atoms with Crippen LogP contribution in [0.15, 0.2) is 54.6 Å². The van der Waals surface area contributed by atoms with Crippen molar-refractivity contribution in [3.63, 3.8) is 0 Å². The van der Waals surface area contributed by atoms with Gasteiger partial charge in [0, 0.05) is 13.0 Å². The zero-order valence-corrected chi connectivity index (χ0v) is 28.0. The molecule has 0 spiro atoms. The highest BCUT2D eigenvalue weighted by atomic mass is 16.6. The van der Waals surface area contributed by atoms with Gasteiger partial charge in [0.05, 0.1) is 6.61 Å². The molecule has 0 aliphatic heterocycles. The van der Waals surface area contributed by atoms with Gasteiger partial charge in [0.2, 0.25) is 11.8 Å². The summed E-state index contributed by atoms with van der Waals surface area (Å²) in [7, 11) is 0. The Morgan fingerprint density at radius 2 is 1.42 bits per heavy atom. The monoisotopic (exact) mass is 625 g/mol. The number of esters is 1. The molecular weight excluding hydrogens is 574 g/mol. The van der Waals surface area contributed by atoms with Gasteiger partial charge < -0.3 is 30.1 Å². The van der Waals surface area contributed by atoms with Crippen molar-refractivity contribution in [2.24, 2.45) is 0 Å². The van der Waals surface area contributed by atoms with Crippen LogP contribution in [0.5, 0.6) is 0 Å². The topological polar surface area (TPSA) is 134 Å². The van der Waals surface area contributed by atoms with Crippen LogP contribution >= 0.6 is 0 Å². The molecule has 10 heteroatoms. The number of alkyl carbamates (subject to hydrolysis) is 1. The Balaban J connectivity index is 2.55. The number of aryl methyl sites for hydroxylation is 1. The molecule has 0 saturated carbocycles. The third-order valence-electron chi connectivity index (χ3n) is 6.70. The minimum absolute atomic E-state index is 0.168. The van der Waals surface area contributed by atoms with Gasteiger partial charge in [-0.15, -0.1) is 0 Å². The average molecular weight is 626 g/mol. The highest BCUT2D eigenvalue weighted by Gasteiger charge is 2.38. The van der Waals surface area contributed by atoms with E-state index in [0.29, 0.717) is 12.0 Å². The Kier molecular flexibility index (Phi) is 14.0. The number of nitrogens with zero attached hydrogens (tertiary/aromatic N) is 1. The molecule has 2 rings (SSSR count). The molecule has 45 heavy (non-hydrogen) atoms. The highest BCUT2D eigenvalue weighted by Crippen LogP contribution is 2.25. The van der Waals surface area contributed by atoms with Crippen LogP contribution in [0.1, 0.15) is 90.5 Å². The van der Waals surface area contributed by atoms with Gasteiger partial charge in [-0.05, 0) is 66.0 Å². The fourth-order valence-corrected chi connectivity index (χ4v) is 4.62. The number of carbonyl (C=O) groups excluding carboxylic acids is 4. The van der Waals surface area contributed by atoms with E-state index in [-0.39, 0.29) is 13.0 Å². The van der Waals surface area contributed by atoms with Gasteiger partial charge in [-0.3, -0.25) is 9.59 Å². The zero-order valence-electron chi connectivity index (χ0n) is 28.0. The molecule has 0 aliphatic carbocycles. The molecule has 0 saturated heterocycles. The number of aliphatic hydroxyl groups is 1. The van der Waals surface area contributed by atoms with Crippen LogP contribution in [-0.2, 0) is 30.3 Å². The lowest BCUT2D eigenvalue weighted by Gasteiger charge is -2.35. The molecule has 248 valence electrons. The zero-order chi connectivity index (χ0) is 33.8. The van der Waals surface area contributed by atoms with Crippen molar-refractivity contribution in [1.82, 2.24) is 15.5 Å². The van der Waals surface area contributed by atoms with Crippen LogP contribution < -0.4 is 10.6 Å². The van der Waals surface area contributed by atoms with Crippen molar-refractivity contribution in [3.8, 4) is 0 Å². The maximum atomic E-state index is 14.3. The number of nitrogens with one attached hydrogen (secondary N) is 2. The number of hydrogen-bond acceptors (Lipinski definition) is 7. The molecule has 10 nitrogen and oxygen atoms in total. The van der Waals surface area contributed by atoms with Gasteiger partial charge in [-0.25, -0.2) is 9.59 Å². The van der Waals surface area contributed by atoms with Crippen molar-refractivity contribution in [2.75, 3.05) is 13.2 Å². The van der Waals surface area contributed by atoms with Gasteiger partial charge >= 0.3 is 12.1 Å². The standard InChI is InChI=1S/C35H51N3O7/c1-9-10-14-21-38(31(41)28(23-39)37-33(43)45-35(6,7)8)29(26-19-17-24(2)18-20-26)30(40)36-27(32(42)44-34(3,4)5)22-25-15-12-11-13-16-25/h11-13,15-20,27-29,39H,9-10,14,21-23H2,1-8H3,(H,36,40)(H,37,43). The predicted molar refractivity (Wildman–Crippen MR) is 173 cm³/mol. The first-order chi connectivity index (χ1) is 21.0. The summed E-state index contributed by atoms with van der Waals surface area (Å²) in [6.07, 6.45) is 1.52. The number of carbonyl (C=O) groups is 4. The van der Waals surface area contributed by atoms with Crippen molar-refractivity contribution in [2.45, 2.75) is 110 Å². The largest absolute Gasteiger partial charge is 0.458 e. The molecule has 3 atom stereocenters. The predicted octanol–water partition coefficient (Wildman–Crippen LogP) is 5.01. The Bertz CT molecular complexity index is 1250. The molecule has 3 amide bonds. The van der Waals surface area contributed by atoms with Crippen molar-refractivity contribution >= 4 is 23.9 Å². The molecule has 2 aromatic carbocycles. The van der Waals surface area contributed by atoms with Gasteiger partial charge in [0.1, 0.15) is 29.3 Å². The lowest BCUT2D eigenvalue weighted by Crippen LogP contribution is -2.56. The smallest absolute Gasteiger partial charge is 0.408 e. The number of amides is 3. The second-order valence-electron chi connectivity index (χ2n) is 13.2. The fourth-order valence-electron chi connectivity index (χ4n) is 4.62. The Morgan fingerprint density at radius 1 is 0.822 bits per heavy atom. The van der Waals surface area contributed by atoms with E-state index in [1.54, 1.807) is 53.7 Å². The van der Waals surface area contributed by atoms with Crippen LogP contribution in [-0.4, -0.2) is 70.3 Å². The number of unbranched alkanes of at least 4 members (excludes halogenated alkanes) is 2. The molecule has 3 unspecified atom stereocenters. The van der Waals surface area contributed by atoms with Gasteiger partial charge in [0.25, 0.3) is 0 Å². The third kappa shape index (κ3) is 12.9. The summed E-state index contributed by atoms with van der Waals surface area (Å²) in [6, 6.07) is 12.9. The SMILES string of the molecule is CCCCCN(C(=O)C(CO)NC(=O)OC(C)(C)C)C(C(=O)NC(Cc1ccccc1)C(=O)OC(C)(C)C)c1ccc(C)cc1. The first-order valence-electron chi connectivity index (χ1n) is 15.6. The summed E-state index contributed by atoms with van der Waals surface area (Å²) in [4.78, 5) is 55.7. The maximum absolute atomic E-state index is 14.3. The van der Waals surface area contributed by atoms with Crippen LogP contribution in [0.4, 0.5) is 4.79 Å². The fraction of sp³-hybridized carbons (Fsp3) is 0.543. The quantitative estimate of drug-likeness (QED) is 0.199. The Hall–Kier alpha value is -3.92. The minimum Gasteiger partial charge on any atom is -0.458 e. The molecule has 0 heterocycles. The van der Waals surface area contributed by atoms with E-state index >= 15 is 0 Å².